The molecule has 0 aromatic rings. The number of rotatable bonds is 1. The fourth-order valence-electron chi connectivity index (χ4n) is 2.30. The Kier molecular flexibility index (Phi) is 4.40. The van der Waals surface area contributed by atoms with E-state index in [4.69, 9.17) is 4.74 Å². The Hall–Kier alpha value is -0.360. The van der Waals surface area contributed by atoms with Gasteiger partial charge in [0.25, 0.3) is 0 Å². The van der Waals surface area contributed by atoms with Crippen LogP contribution in [0.2, 0.25) is 0 Å². The summed E-state index contributed by atoms with van der Waals surface area (Å²) in [6, 6.07) is 0.0671. The third kappa shape index (κ3) is 3.60. The van der Waals surface area contributed by atoms with Gasteiger partial charge >= 0.3 is 6.09 Å². The lowest BCUT2D eigenvalue weighted by atomic mass is 10.1. The number of hydrogen-bond donors (Lipinski definition) is 0. The Bertz CT molecular complexity index is 452. The van der Waals surface area contributed by atoms with E-state index in [2.05, 4.69) is 36.9 Å². The van der Waals surface area contributed by atoms with Crippen LogP contribution in [0, 0.1) is 0 Å². The van der Waals surface area contributed by atoms with Gasteiger partial charge in [0.1, 0.15) is 10.2 Å². The molecule has 0 aromatic carbocycles. The summed E-state index contributed by atoms with van der Waals surface area (Å²) >= 11 is 6.89. The highest BCUT2D eigenvalue weighted by Crippen LogP contribution is 2.33. The van der Waals surface area contributed by atoms with Gasteiger partial charge in [0.05, 0.1) is 6.04 Å². The van der Waals surface area contributed by atoms with Gasteiger partial charge < -0.3 is 4.74 Å². The van der Waals surface area contributed by atoms with Gasteiger partial charge in [-0.3, -0.25) is 4.90 Å². The minimum atomic E-state index is -0.457. The lowest BCUT2D eigenvalue weighted by molar-refractivity contribution is 0.0265. The maximum Gasteiger partial charge on any atom is 0.410 e. The SMILES string of the molecule is CC(C)(C)OC(=O)N1CCC[C@H]1C1=NC(Br)=C(Br)C1. The molecule has 1 atom stereocenters. The minimum Gasteiger partial charge on any atom is -0.444 e. The fraction of sp³-hybridized carbons (Fsp3) is 0.692. The molecule has 2 aliphatic heterocycles. The highest BCUT2D eigenvalue weighted by molar-refractivity contribution is 9.14. The Morgan fingerprint density at radius 3 is 2.63 bits per heavy atom. The average molecular weight is 394 g/mol. The number of nitrogens with zero attached hydrogens (tertiary/aromatic N) is 2. The Balaban J connectivity index is 2.07. The zero-order valence-electron chi connectivity index (χ0n) is 11.4. The second-order valence-electron chi connectivity index (χ2n) is 5.81. The molecule has 106 valence electrons. The zero-order chi connectivity index (χ0) is 14.2. The van der Waals surface area contributed by atoms with Crippen molar-refractivity contribution < 1.29 is 9.53 Å². The predicted octanol–water partition coefficient (Wildman–Crippen LogP) is 4.19. The molecule has 0 spiro atoms. The molecule has 2 heterocycles. The van der Waals surface area contributed by atoms with Gasteiger partial charge in [-0.1, -0.05) is 15.9 Å². The molecule has 1 saturated heterocycles. The van der Waals surface area contributed by atoms with Gasteiger partial charge in [0.2, 0.25) is 0 Å². The number of carbonyl (C=O) groups is 1. The molecule has 0 aliphatic carbocycles. The van der Waals surface area contributed by atoms with Crippen LogP contribution in [-0.2, 0) is 4.74 Å². The Morgan fingerprint density at radius 1 is 1.42 bits per heavy atom. The maximum absolute atomic E-state index is 12.2. The highest BCUT2D eigenvalue weighted by atomic mass is 79.9. The molecule has 2 rings (SSSR count). The summed E-state index contributed by atoms with van der Waals surface area (Å²) < 4.78 is 7.33. The minimum absolute atomic E-state index is 0.0671. The highest BCUT2D eigenvalue weighted by Gasteiger charge is 2.36. The predicted molar refractivity (Wildman–Crippen MR) is 82.9 cm³/mol. The molecule has 19 heavy (non-hydrogen) atoms. The third-order valence-corrected chi connectivity index (χ3v) is 4.91. The van der Waals surface area contributed by atoms with E-state index in [9.17, 15) is 4.79 Å². The van der Waals surface area contributed by atoms with Crippen molar-refractivity contribution in [3.63, 3.8) is 0 Å². The van der Waals surface area contributed by atoms with Crippen LogP contribution < -0.4 is 0 Å². The van der Waals surface area contributed by atoms with Gasteiger partial charge in [-0.2, -0.15) is 0 Å². The van der Waals surface area contributed by atoms with Crippen LogP contribution in [0.5, 0.6) is 0 Å². The lowest BCUT2D eigenvalue weighted by Gasteiger charge is -2.28. The van der Waals surface area contributed by atoms with E-state index < -0.39 is 5.60 Å². The topological polar surface area (TPSA) is 41.9 Å². The van der Waals surface area contributed by atoms with E-state index in [0.717, 1.165) is 40.6 Å². The molecule has 1 amide bonds. The van der Waals surface area contributed by atoms with Gasteiger partial charge in [-0.25, -0.2) is 9.79 Å². The van der Waals surface area contributed by atoms with Crippen molar-refractivity contribution >= 4 is 43.7 Å². The summed E-state index contributed by atoms with van der Waals surface area (Å²) in [5.74, 6) is 0. The molecule has 0 unspecified atom stereocenters. The monoisotopic (exact) mass is 392 g/mol. The van der Waals surface area contributed by atoms with E-state index in [0.29, 0.717) is 0 Å². The third-order valence-electron chi connectivity index (χ3n) is 3.07. The molecular weight excluding hydrogens is 376 g/mol. The molecular formula is C13H18Br2N2O2. The van der Waals surface area contributed by atoms with Gasteiger partial charge in [-0.05, 0) is 49.5 Å². The van der Waals surface area contributed by atoms with Crippen molar-refractivity contribution in [2.24, 2.45) is 4.99 Å². The summed E-state index contributed by atoms with van der Waals surface area (Å²) in [5.41, 5.74) is 0.573. The summed E-state index contributed by atoms with van der Waals surface area (Å²) in [7, 11) is 0. The summed E-state index contributed by atoms with van der Waals surface area (Å²) in [5, 5.41) is 0. The molecule has 0 aromatic heterocycles. The molecule has 0 bridgehead atoms. The fourth-order valence-corrected chi connectivity index (χ4v) is 3.05. The van der Waals surface area contributed by atoms with Crippen LogP contribution in [0.4, 0.5) is 4.79 Å². The summed E-state index contributed by atoms with van der Waals surface area (Å²) in [4.78, 5) is 18.5. The first-order chi connectivity index (χ1) is 8.78. The van der Waals surface area contributed by atoms with Crippen molar-refractivity contribution in [2.45, 2.75) is 51.7 Å². The molecule has 0 N–H and O–H groups in total. The van der Waals surface area contributed by atoms with Crippen LogP contribution >= 0.6 is 31.9 Å². The van der Waals surface area contributed by atoms with Crippen LogP contribution in [0.1, 0.15) is 40.0 Å². The lowest BCUT2D eigenvalue weighted by Crippen LogP contribution is -2.43. The smallest absolute Gasteiger partial charge is 0.410 e. The Morgan fingerprint density at radius 2 is 2.11 bits per heavy atom. The molecule has 0 radical (unpaired) electrons. The van der Waals surface area contributed by atoms with Crippen LogP contribution in [0.3, 0.4) is 0 Å². The van der Waals surface area contributed by atoms with E-state index in [1.165, 1.54) is 0 Å². The standard InChI is InChI=1S/C13H18Br2N2O2/c1-13(2,3)19-12(18)17-6-4-5-10(17)9-7-8(14)11(15)16-9/h10H,4-7H2,1-3H3/t10-/m0/s1. The van der Waals surface area contributed by atoms with Crippen molar-refractivity contribution in [1.29, 1.82) is 0 Å². The first-order valence-corrected chi connectivity index (χ1v) is 7.98. The first-order valence-electron chi connectivity index (χ1n) is 6.39. The second kappa shape index (κ2) is 5.56. The summed E-state index contributed by atoms with van der Waals surface area (Å²) in [6.45, 7) is 6.40. The second-order valence-corrected chi connectivity index (χ2v) is 7.52. The molecule has 6 heteroatoms. The largest absolute Gasteiger partial charge is 0.444 e. The summed E-state index contributed by atoms with van der Waals surface area (Å²) in [6.07, 6.45) is 2.48. The molecule has 2 aliphatic rings. The number of aliphatic imine (C=N–C) groups is 1. The normalized spacial score (nSPS) is 23.9. The molecule has 1 fully saturated rings. The number of ether oxygens (including phenoxy) is 1. The number of carbonyl (C=O) groups excluding carboxylic acids is 1. The van der Waals surface area contributed by atoms with Crippen LogP contribution in [-0.4, -0.2) is 34.9 Å². The first kappa shape index (κ1) is 15.0. The molecule has 4 nitrogen and oxygen atoms in total. The Labute approximate surface area is 130 Å². The van der Waals surface area contributed by atoms with Crippen molar-refractivity contribution in [1.82, 2.24) is 4.90 Å². The van der Waals surface area contributed by atoms with Crippen LogP contribution in [0.25, 0.3) is 0 Å². The number of amides is 1. The quantitative estimate of drug-likeness (QED) is 0.626. The van der Waals surface area contributed by atoms with E-state index in [1.807, 2.05) is 20.8 Å². The zero-order valence-corrected chi connectivity index (χ0v) is 14.5. The molecule has 0 saturated carbocycles. The van der Waals surface area contributed by atoms with E-state index in [-0.39, 0.29) is 12.1 Å². The number of hydrogen-bond acceptors (Lipinski definition) is 3. The van der Waals surface area contributed by atoms with E-state index >= 15 is 0 Å². The van der Waals surface area contributed by atoms with E-state index in [1.54, 1.807) is 4.90 Å². The van der Waals surface area contributed by atoms with Gasteiger partial charge in [-0.15, -0.1) is 0 Å². The van der Waals surface area contributed by atoms with Crippen molar-refractivity contribution in [3.05, 3.63) is 9.09 Å². The number of allylic oxidation sites excluding steroid dienone is 1. The van der Waals surface area contributed by atoms with Gasteiger partial charge in [0.15, 0.2) is 0 Å². The van der Waals surface area contributed by atoms with Gasteiger partial charge in [0, 0.05) is 23.2 Å². The van der Waals surface area contributed by atoms with Crippen LogP contribution in [0.15, 0.2) is 14.1 Å². The maximum atomic E-state index is 12.2. The number of likely N-dealkylation sites (tertiary alicyclic amines) is 1. The number of halogens is 2. The van der Waals surface area contributed by atoms with Crippen molar-refractivity contribution in [2.75, 3.05) is 6.54 Å². The van der Waals surface area contributed by atoms with Crippen molar-refractivity contribution in [3.8, 4) is 0 Å². The average Bonchev–Trinajstić information content (AvgIpc) is 2.83.